The number of nitrogens with two attached hydrogens (primary N) is 1. The van der Waals surface area contributed by atoms with Crippen molar-refractivity contribution in [2.75, 3.05) is 0 Å². The maximum Gasteiger partial charge on any atom is 0.490 e. The smallest absolute Gasteiger partial charge is 0.475 e. The summed E-state index contributed by atoms with van der Waals surface area (Å²) in [6.07, 6.45) is -5.08. The van der Waals surface area contributed by atoms with Crippen LogP contribution in [0.5, 0.6) is 0 Å². The third-order valence-corrected chi connectivity index (χ3v) is 3.38. The summed E-state index contributed by atoms with van der Waals surface area (Å²) in [4.78, 5) is 16.7. The van der Waals surface area contributed by atoms with Crippen LogP contribution in [0.25, 0.3) is 22.4 Å². The topological polar surface area (TPSA) is 92.0 Å². The van der Waals surface area contributed by atoms with Gasteiger partial charge in [-0.1, -0.05) is 35.9 Å². The summed E-state index contributed by atoms with van der Waals surface area (Å²) >= 11 is 5.95. The average Bonchev–Trinajstić information content (AvgIpc) is 2.97. The fourth-order valence-electron chi connectivity index (χ4n) is 1.92. The van der Waals surface area contributed by atoms with E-state index < -0.39 is 12.1 Å². The Morgan fingerprint density at radius 3 is 2.32 bits per heavy atom. The monoisotopic (exact) mass is 371 g/mol. The summed E-state index contributed by atoms with van der Waals surface area (Å²) < 4.78 is 31.7. The quantitative estimate of drug-likeness (QED) is 0.635. The minimum absolute atomic E-state index is 0.552. The molecule has 0 bridgehead atoms. The zero-order valence-corrected chi connectivity index (χ0v) is 13.4. The molecule has 5 nitrogen and oxygen atoms in total. The number of hydrogen-bond donors (Lipinski definition) is 3. The van der Waals surface area contributed by atoms with E-state index >= 15 is 0 Å². The van der Waals surface area contributed by atoms with Gasteiger partial charge in [-0.05, 0) is 23.8 Å². The largest absolute Gasteiger partial charge is 0.490 e. The molecule has 0 saturated heterocycles. The third kappa shape index (κ3) is 4.94. The molecule has 0 unspecified atom stereocenters. The molecule has 9 heteroatoms. The minimum atomic E-state index is -5.08. The van der Waals surface area contributed by atoms with Crippen LogP contribution in [0.2, 0.25) is 5.02 Å². The van der Waals surface area contributed by atoms with E-state index in [1.54, 1.807) is 0 Å². The molecule has 0 aliphatic carbocycles. The fourth-order valence-corrected chi connectivity index (χ4v) is 2.09. The first-order chi connectivity index (χ1) is 11.7. The van der Waals surface area contributed by atoms with E-state index in [0.29, 0.717) is 11.6 Å². The molecule has 1 aromatic heterocycles. The number of carboxylic acid groups (broad SMARTS) is 1. The van der Waals surface area contributed by atoms with Crippen molar-refractivity contribution < 1.29 is 23.1 Å². The van der Waals surface area contributed by atoms with Crippen molar-refractivity contribution in [2.45, 2.75) is 12.7 Å². The first-order valence-electron chi connectivity index (χ1n) is 6.95. The summed E-state index contributed by atoms with van der Waals surface area (Å²) in [5, 5.41) is 7.83. The number of carbonyl (C=O) groups is 1. The van der Waals surface area contributed by atoms with Crippen LogP contribution in [-0.2, 0) is 11.3 Å². The van der Waals surface area contributed by atoms with Crippen LogP contribution >= 0.6 is 11.6 Å². The molecule has 0 aliphatic rings. The van der Waals surface area contributed by atoms with Crippen LogP contribution in [0, 0.1) is 0 Å². The second-order valence-electron chi connectivity index (χ2n) is 4.95. The lowest BCUT2D eigenvalue weighted by molar-refractivity contribution is -0.192. The highest BCUT2D eigenvalue weighted by molar-refractivity contribution is 6.31. The number of aliphatic carboxylic acids is 1. The number of nitrogens with one attached hydrogen (secondary N) is 1. The van der Waals surface area contributed by atoms with Gasteiger partial charge >= 0.3 is 12.1 Å². The van der Waals surface area contributed by atoms with Crippen molar-refractivity contribution in [3.63, 3.8) is 0 Å². The van der Waals surface area contributed by atoms with Crippen molar-refractivity contribution in [1.29, 1.82) is 0 Å². The number of nitrogens with zero attached hydrogens (tertiary/aromatic N) is 1. The predicted octanol–water partition coefficient (Wildman–Crippen LogP) is 3.98. The van der Waals surface area contributed by atoms with Gasteiger partial charge in [-0.3, -0.25) is 0 Å². The number of H-pyrrole nitrogens is 1. The molecular weight excluding hydrogens is 359 g/mol. The van der Waals surface area contributed by atoms with Crippen molar-refractivity contribution in [2.24, 2.45) is 5.73 Å². The second kappa shape index (κ2) is 7.54. The van der Waals surface area contributed by atoms with Crippen LogP contribution in [0.15, 0.2) is 42.5 Å². The second-order valence-corrected chi connectivity index (χ2v) is 5.39. The van der Waals surface area contributed by atoms with Crippen LogP contribution < -0.4 is 5.73 Å². The Morgan fingerprint density at radius 2 is 1.80 bits per heavy atom. The van der Waals surface area contributed by atoms with Crippen LogP contribution in [0.4, 0.5) is 13.2 Å². The van der Waals surface area contributed by atoms with E-state index in [1.807, 2.05) is 42.5 Å². The van der Waals surface area contributed by atoms with Gasteiger partial charge in [-0.25, -0.2) is 9.78 Å². The molecule has 1 heterocycles. The van der Waals surface area contributed by atoms with Crippen molar-refractivity contribution >= 4 is 28.6 Å². The van der Waals surface area contributed by atoms with Gasteiger partial charge in [0.25, 0.3) is 0 Å². The fraction of sp³-hybridized carbons (Fsp3) is 0.125. The Morgan fingerprint density at radius 1 is 1.20 bits per heavy atom. The highest BCUT2D eigenvalue weighted by Gasteiger charge is 2.38. The van der Waals surface area contributed by atoms with Crippen molar-refractivity contribution in [1.82, 2.24) is 9.97 Å². The molecule has 0 radical (unpaired) electrons. The van der Waals surface area contributed by atoms with Crippen LogP contribution in [0.1, 0.15) is 5.56 Å². The highest BCUT2D eigenvalue weighted by Crippen LogP contribution is 2.23. The van der Waals surface area contributed by atoms with Gasteiger partial charge in [0, 0.05) is 17.1 Å². The summed E-state index contributed by atoms with van der Waals surface area (Å²) in [6, 6.07) is 13.7. The molecule has 132 valence electrons. The summed E-state index contributed by atoms with van der Waals surface area (Å²) in [6.45, 7) is 0.552. The first kappa shape index (κ1) is 18.8. The van der Waals surface area contributed by atoms with Gasteiger partial charge in [-0.2, -0.15) is 13.2 Å². The van der Waals surface area contributed by atoms with Gasteiger partial charge in [0.15, 0.2) is 0 Å². The van der Waals surface area contributed by atoms with E-state index in [-0.39, 0.29) is 0 Å². The highest BCUT2D eigenvalue weighted by atomic mass is 35.5. The average molecular weight is 372 g/mol. The van der Waals surface area contributed by atoms with E-state index in [4.69, 9.17) is 27.2 Å². The predicted molar refractivity (Wildman–Crippen MR) is 88.1 cm³/mol. The number of imidazole rings is 1. The maximum absolute atomic E-state index is 10.6. The lowest BCUT2D eigenvalue weighted by Gasteiger charge is -1.98. The number of rotatable bonds is 2. The number of fused-ring (bicyclic) bond motifs is 1. The molecule has 0 saturated carbocycles. The van der Waals surface area contributed by atoms with Gasteiger partial charge in [0.05, 0.1) is 11.0 Å². The lowest BCUT2D eigenvalue weighted by Crippen LogP contribution is -2.21. The molecule has 0 atom stereocenters. The zero-order chi connectivity index (χ0) is 18.6. The Bertz CT molecular complexity index is 876. The van der Waals surface area contributed by atoms with E-state index in [1.165, 1.54) is 0 Å². The van der Waals surface area contributed by atoms with Gasteiger partial charge < -0.3 is 15.8 Å². The number of aromatic amines is 1. The summed E-state index contributed by atoms with van der Waals surface area (Å²) in [5.74, 6) is -1.91. The molecule has 25 heavy (non-hydrogen) atoms. The number of benzene rings is 2. The number of aromatic nitrogens is 2. The molecule has 2 aromatic carbocycles. The number of carboxylic acids is 1. The summed E-state index contributed by atoms with van der Waals surface area (Å²) in [7, 11) is 0. The standard InChI is InChI=1S/C14H12ClN3.C2HF3O2/c15-11-5-6-12-13(7-11)18-14(17-12)10-3-1-9(8-16)2-4-10;3-2(4,5)1(6)7/h1-7H,8,16H2,(H,17,18);(H,6,7). The minimum Gasteiger partial charge on any atom is -0.475 e. The van der Waals surface area contributed by atoms with E-state index in [2.05, 4.69) is 9.97 Å². The molecule has 4 N–H and O–H groups in total. The molecular formula is C16H13ClF3N3O2. The SMILES string of the molecule is NCc1ccc(-c2nc3ccc(Cl)cc3[nH]2)cc1.O=C(O)C(F)(F)F. The lowest BCUT2D eigenvalue weighted by atomic mass is 10.1. The van der Waals surface area contributed by atoms with Crippen molar-refractivity contribution in [3.05, 3.63) is 53.1 Å². The molecule has 0 aliphatic heterocycles. The number of alkyl halides is 3. The van der Waals surface area contributed by atoms with Gasteiger partial charge in [0.1, 0.15) is 5.82 Å². The number of hydrogen-bond acceptors (Lipinski definition) is 3. The normalized spacial score (nSPS) is 11.1. The molecule has 3 rings (SSSR count). The van der Waals surface area contributed by atoms with E-state index in [9.17, 15) is 13.2 Å². The molecule has 0 amide bonds. The maximum atomic E-state index is 10.6. The first-order valence-corrected chi connectivity index (χ1v) is 7.33. The molecule has 0 fully saturated rings. The van der Waals surface area contributed by atoms with E-state index in [0.717, 1.165) is 28.0 Å². The Labute approximate surface area is 145 Å². The van der Waals surface area contributed by atoms with Crippen LogP contribution in [-0.4, -0.2) is 27.2 Å². The Hall–Kier alpha value is -2.58. The zero-order valence-electron chi connectivity index (χ0n) is 12.6. The molecule has 3 aromatic rings. The van der Waals surface area contributed by atoms with Gasteiger partial charge in [-0.15, -0.1) is 0 Å². The van der Waals surface area contributed by atoms with Crippen molar-refractivity contribution in [3.8, 4) is 11.4 Å². The Balaban J connectivity index is 0.000000277. The third-order valence-electron chi connectivity index (χ3n) is 3.15. The number of halogens is 4. The summed E-state index contributed by atoms with van der Waals surface area (Å²) in [5.41, 5.74) is 9.59. The Kier molecular flexibility index (Phi) is 5.66. The molecule has 0 spiro atoms. The van der Waals surface area contributed by atoms with Gasteiger partial charge in [0.2, 0.25) is 0 Å². The van der Waals surface area contributed by atoms with Crippen LogP contribution in [0.3, 0.4) is 0 Å².